The summed E-state index contributed by atoms with van der Waals surface area (Å²) < 4.78 is 0. The Labute approximate surface area is 121 Å². The van der Waals surface area contributed by atoms with Gasteiger partial charge in [0.1, 0.15) is 0 Å². The summed E-state index contributed by atoms with van der Waals surface area (Å²) in [6.45, 7) is 1.69. The number of carbonyl (C=O) groups is 1. The Balaban J connectivity index is 1.70. The Morgan fingerprint density at radius 2 is 2.20 bits per heavy atom. The number of nitro benzene ring substituents is 1. The normalized spacial score (nSPS) is 17.9. The van der Waals surface area contributed by atoms with Gasteiger partial charge in [0.05, 0.1) is 10.7 Å². The zero-order valence-corrected chi connectivity index (χ0v) is 11.8. The SMILES string of the molecule is O=C(CSc1ccc([N+](=O)[O-])cc1)NCC1CCCN1. The number of nitrogens with zero attached hydrogens (tertiary/aromatic N) is 1. The van der Waals surface area contributed by atoms with Gasteiger partial charge in [0.2, 0.25) is 5.91 Å². The number of non-ortho nitro benzene ring substituents is 1. The van der Waals surface area contributed by atoms with Gasteiger partial charge in [-0.1, -0.05) is 0 Å². The maximum atomic E-state index is 11.7. The smallest absolute Gasteiger partial charge is 0.269 e. The van der Waals surface area contributed by atoms with E-state index < -0.39 is 4.92 Å². The van der Waals surface area contributed by atoms with E-state index in [0.29, 0.717) is 18.3 Å². The van der Waals surface area contributed by atoms with Crippen molar-refractivity contribution in [3.05, 3.63) is 34.4 Å². The van der Waals surface area contributed by atoms with Gasteiger partial charge in [0.25, 0.3) is 5.69 Å². The molecule has 2 N–H and O–H groups in total. The second-order valence-electron chi connectivity index (χ2n) is 4.64. The molecule has 2 rings (SSSR count). The maximum absolute atomic E-state index is 11.7. The summed E-state index contributed by atoms with van der Waals surface area (Å²) in [6, 6.07) is 6.61. The summed E-state index contributed by atoms with van der Waals surface area (Å²) in [4.78, 5) is 22.6. The molecule has 1 aliphatic rings. The minimum atomic E-state index is -0.435. The third kappa shape index (κ3) is 4.50. The molecule has 0 radical (unpaired) electrons. The molecule has 1 aliphatic heterocycles. The molecule has 1 amide bonds. The third-order valence-electron chi connectivity index (χ3n) is 3.13. The molecule has 20 heavy (non-hydrogen) atoms. The quantitative estimate of drug-likeness (QED) is 0.472. The Hall–Kier alpha value is -1.60. The fraction of sp³-hybridized carbons (Fsp3) is 0.462. The Morgan fingerprint density at radius 3 is 2.80 bits per heavy atom. The molecule has 1 fully saturated rings. The van der Waals surface area contributed by atoms with Gasteiger partial charge in [-0.05, 0) is 31.5 Å². The third-order valence-corrected chi connectivity index (χ3v) is 4.14. The molecule has 0 bridgehead atoms. The first-order valence-electron chi connectivity index (χ1n) is 6.52. The minimum Gasteiger partial charge on any atom is -0.354 e. The van der Waals surface area contributed by atoms with Crippen LogP contribution in [0.4, 0.5) is 5.69 Å². The molecule has 7 heteroatoms. The molecule has 1 saturated heterocycles. The lowest BCUT2D eigenvalue weighted by Crippen LogP contribution is -2.37. The number of amides is 1. The van der Waals surface area contributed by atoms with Crippen molar-refractivity contribution >= 4 is 23.4 Å². The van der Waals surface area contributed by atoms with E-state index in [1.807, 2.05) is 0 Å². The molecule has 0 spiro atoms. The molecule has 6 nitrogen and oxygen atoms in total. The van der Waals surface area contributed by atoms with Gasteiger partial charge in [0.15, 0.2) is 0 Å². The molecule has 1 unspecified atom stereocenters. The van der Waals surface area contributed by atoms with Gasteiger partial charge in [-0.15, -0.1) is 11.8 Å². The number of nitrogens with one attached hydrogen (secondary N) is 2. The van der Waals surface area contributed by atoms with Gasteiger partial charge in [-0.2, -0.15) is 0 Å². The van der Waals surface area contributed by atoms with Crippen LogP contribution < -0.4 is 10.6 Å². The van der Waals surface area contributed by atoms with Crippen LogP contribution in [0.5, 0.6) is 0 Å². The van der Waals surface area contributed by atoms with Crippen LogP contribution in [0.1, 0.15) is 12.8 Å². The van der Waals surface area contributed by atoms with E-state index in [4.69, 9.17) is 0 Å². The van der Waals surface area contributed by atoms with E-state index in [1.165, 1.54) is 23.9 Å². The number of hydrogen-bond donors (Lipinski definition) is 2. The summed E-state index contributed by atoms with van der Waals surface area (Å²) in [5.74, 6) is 0.312. The van der Waals surface area contributed by atoms with Crippen molar-refractivity contribution in [2.24, 2.45) is 0 Å². The van der Waals surface area contributed by atoms with Crippen molar-refractivity contribution < 1.29 is 9.72 Å². The summed E-state index contributed by atoms with van der Waals surface area (Å²) in [5, 5.41) is 16.7. The first-order valence-corrected chi connectivity index (χ1v) is 7.51. The van der Waals surface area contributed by atoms with Crippen molar-refractivity contribution in [2.75, 3.05) is 18.8 Å². The van der Waals surface area contributed by atoms with Gasteiger partial charge >= 0.3 is 0 Å². The topological polar surface area (TPSA) is 84.3 Å². The lowest BCUT2D eigenvalue weighted by Gasteiger charge is -2.11. The van der Waals surface area contributed by atoms with E-state index >= 15 is 0 Å². The zero-order valence-electron chi connectivity index (χ0n) is 11.0. The van der Waals surface area contributed by atoms with Crippen molar-refractivity contribution in [2.45, 2.75) is 23.8 Å². The molecule has 0 saturated carbocycles. The van der Waals surface area contributed by atoms with Crippen LogP contribution in [-0.4, -0.2) is 35.7 Å². The van der Waals surface area contributed by atoms with Crippen molar-refractivity contribution in [3.8, 4) is 0 Å². The number of thioether (sulfide) groups is 1. The number of hydrogen-bond acceptors (Lipinski definition) is 5. The van der Waals surface area contributed by atoms with Crippen LogP contribution >= 0.6 is 11.8 Å². The van der Waals surface area contributed by atoms with Crippen LogP contribution in [0.25, 0.3) is 0 Å². The second kappa shape index (κ2) is 7.25. The van der Waals surface area contributed by atoms with Gasteiger partial charge in [0, 0.05) is 29.6 Å². The van der Waals surface area contributed by atoms with E-state index in [0.717, 1.165) is 24.3 Å². The number of nitro groups is 1. The molecule has 1 atom stereocenters. The van der Waals surface area contributed by atoms with Crippen molar-refractivity contribution in [1.29, 1.82) is 0 Å². The largest absolute Gasteiger partial charge is 0.354 e. The molecular formula is C13H17N3O3S. The molecule has 1 aromatic carbocycles. The highest BCUT2D eigenvalue weighted by atomic mass is 32.2. The standard InChI is InChI=1S/C13H17N3O3S/c17-13(15-8-10-2-1-7-14-10)9-20-12-5-3-11(4-6-12)16(18)19/h3-6,10,14H,1-2,7-9H2,(H,15,17). The lowest BCUT2D eigenvalue weighted by molar-refractivity contribution is -0.384. The van der Waals surface area contributed by atoms with E-state index in [1.54, 1.807) is 12.1 Å². The molecule has 1 aromatic rings. The van der Waals surface area contributed by atoms with Crippen LogP contribution in [-0.2, 0) is 4.79 Å². The number of rotatable bonds is 6. The predicted molar refractivity (Wildman–Crippen MR) is 77.9 cm³/mol. The molecule has 1 heterocycles. The molecule has 108 valence electrons. The first-order chi connectivity index (χ1) is 9.65. The van der Waals surface area contributed by atoms with E-state index in [9.17, 15) is 14.9 Å². The van der Waals surface area contributed by atoms with Crippen LogP contribution in [0.3, 0.4) is 0 Å². The van der Waals surface area contributed by atoms with Crippen molar-refractivity contribution in [1.82, 2.24) is 10.6 Å². The summed E-state index contributed by atoms with van der Waals surface area (Å²) in [7, 11) is 0. The van der Waals surface area contributed by atoms with Gasteiger partial charge < -0.3 is 10.6 Å². The number of benzene rings is 1. The minimum absolute atomic E-state index is 0.0120. The summed E-state index contributed by atoms with van der Waals surface area (Å²) >= 11 is 1.38. The summed E-state index contributed by atoms with van der Waals surface area (Å²) in [5.41, 5.74) is 0.0612. The van der Waals surface area contributed by atoms with Crippen molar-refractivity contribution in [3.63, 3.8) is 0 Å². The van der Waals surface area contributed by atoms with E-state index in [-0.39, 0.29) is 11.6 Å². The van der Waals surface area contributed by atoms with E-state index in [2.05, 4.69) is 10.6 Å². The highest BCUT2D eigenvalue weighted by Crippen LogP contribution is 2.21. The van der Waals surface area contributed by atoms with Crippen LogP contribution in [0.15, 0.2) is 29.2 Å². The summed E-state index contributed by atoms with van der Waals surface area (Å²) in [6.07, 6.45) is 2.27. The average Bonchev–Trinajstić information content (AvgIpc) is 2.96. The highest BCUT2D eigenvalue weighted by Gasteiger charge is 2.14. The first kappa shape index (κ1) is 14.8. The van der Waals surface area contributed by atoms with Gasteiger partial charge in [-0.3, -0.25) is 14.9 Å². The molecular weight excluding hydrogens is 278 g/mol. The Bertz CT molecular complexity index is 472. The second-order valence-corrected chi connectivity index (χ2v) is 5.69. The highest BCUT2D eigenvalue weighted by molar-refractivity contribution is 8.00. The average molecular weight is 295 g/mol. The van der Waals surface area contributed by atoms with Gasteiger partial charge in [-0.25, -0.2) is 0 Å². The maximum Gasteiger partial charge on any atom is 0.269 e. The van der Waals surface area contributed by atoms with Crippen LogP contribution in [0.2, 0.25) is 0 Å². The zero-order chi connectivity index (χ0) is 14.4. The molecule has 0 aliphatic carbocycles. The number of carbonyl (C=O) groups excluding carboxylic acids is 1. The predicted octanol–water partition coefficient (Wildman–Crippen LogP) is 1.56. The fourth-order valence-electron chi connectivity index (χ4n) is 2.03. The Morgan fingerprint density at radius 1 is 1.45 bits per heavy atom. The Kier molecular flexibility index (Phi) is 5.37. The van der Waals surface area contributed by atoms with Crippen LogP contribution in [0, 0.1) is 10.1 Å². The fourth-order valence-corrected chi connectivity index (χ4v) is 2.76. The lowest BCUT2D eigenvalue weighted by atomic mass is 10.2. The molecule has 0 aromatic heterocycles. The monoisotopic (exact) mass is 295 g/mol.